The van der Waals surface area contributed by atoms with Gasteiger partial charge in [-0.2, -0.15) is 0 Å². The molecule has 0 radical (unpaired) electrons. The van der Waals surface area contributed by atoms with Crippen LogP contribution in [0.4, 0.5) is 0 Å². The maximum atomic E-state index is 6.32. The second-order valence-corrected chi connectivity index (χ2v) is 11.2. The predicted octanol–water partition coefficient (Wildman–Crippen LogP) is 11.9. The lowest BCUT2D eigenvalue weighted by atomic mass is 9.85. The van der Waals surface area contributed by atoms with E-state index in [0.29, 0.717) is 0 Å². The summed E-state index contributed by atoms with van der Waals surface area (Å²) in [5, 5.41) is 10.3. The fourth-order valence-corrected chi connectivity index (χ4v) is 7.05. The van der Waals surface area contributed by atoms with E-state index in [1.807, 2.05) is 18.2 Å². The molecular weight excluding hydrogens is 528 g/mol. The van der Waals surface area contributed by atoms with Crippen LogP contribution in [0.15, 0.2) is 147 Å². The zero-order chi connectivity index (χ0) is 28.1. The van der Waals surface area contributed by atoms with E-state index in [9.17, 15) is 0 Å². The molecule has 0 fully saturated rings. The van der Waals surface area contributed by atoms with Crippen molar-refractivity contribution in [1.29, 1.82) is 0 Å². The molecule has 7 aromatic carbocycles. The minimum absolute atomic E-state index is 0.790. The molecular formula is C40H22O3. The lowest BCUT2D eigenvalue weighted by Crippen LogP contribution is -1.90. The average molecular weight is 551 g/mol. The molecule has 0 spiro atoms. The van der Waals surface area contributed by atoms with Gasteiger partial charge in [0.1, 0.15) is 16.7 Å². The zero-order valence-electron chi connectivity index (χ0n) is 22.9. The van der Waals surface area contributed by atoms with Crippen LogP contribution in [0.5, 0.6) is 0 Å². The van der Waals surface area contributed by atoms with Gasteiger partial charge in [0.2, 0.25) is 0 Å². The van der Waals surface area contributed by atoms with Gasteiger partial charge in [-0.3, -0.25) is 0 Å². The molecule has 0 bridgehead atoms. The Kier molecular flexibility index (Phi) is 4.45. The summed E-state index contributed by atoms with van der Waals surface area (Å²) in [6.45, 7) is 0. The van der Waals surface area contributed by atoms with E-state index >= 15 is 0 Å². The fraction of sp³-hybridized carbons (Fsp3) is 0. The van der Waals surface area contributed by atoms with Gasteiger partial charge in [-0.1, -0.05) is 84.9 Å². The first-order valence-electron chi connectivity index (χ1n) is 14.5. The molecule has 0 aliphatic heterocycles. The van der Waals surface area contributed by atoms with Crippen molar-refractivity contribution in [1.82, 2.24) is 0 Å². The van der Waals surface area contributed by atoms with E-state index in [1.54, 1.807) is 6.26 Å². The molecule has 3 heterocycles. The third kappa shape index (κ3) is 3.14. The minimum atomic E-state index is 0.790. The molecule has 0 atom stereocenters. The highest BCUT2D eigenvalue weighted by molar-refractivity contribution is 6.23. The van der Waals surface area contributed by atoms with Crippen LogP contribution in [0.1, 0.15) is 0 Å². The molecule has 10 aromatic rings. The van der Waals surface area contributed by atoms with E-state index < -0.39 is 0 Å². The SMILES string of the molecule is c1ccc2c(c1)oc1ccc(-c3c4ccccc4c(-c4ccc5oc6c(ccc7ccoc76)c5c4)c4ccccc34)cc12. The molecule has 3 aromatic heterocycles. The summed E-state index contributed by atoms with van der Waals surface area (Å²) in [5.41, 5.74) is 9.05. The summed E-state index contributed by atoms with van der Waals surface area (Å²) in [4.78, 5) is 0. The number of hydrogen-bond donors (Lipinski definition) is 0. The molecule has 10 rings (SSSR count). The highest BCUT2D eigenvalue weighted by atomic mass is 16.4. The monoisotopic (exact) mass is 550 g/mol. The molecule has 0 saturated heterocycles. The summed E-state index contributed by atoms with van der Waals surface area (Å²) in [6.07, 6.45) is 1.72. The van der Waals surface area contributed by atoms with Gasteiger partial charge >= 0.3 is 0 Å². The molecule has 3 heteroatoms. The molecule has 0 aliphatic rings. The number of hydrogen-bond acceptors (Lipinski definition) is 3. The third-order valence-electron chi connectivity index (χ3n) is 8.94. The Balaban J connectivity index is 1.28. The molecule has 0 saturated carbocycles. The number of benzene rings is 7. The lowest BCUT2D eigenvalue weighted by Gasteiger charge is -2.17. The Morgan fingerprint density at radius 1 is 0.349 bits per heavy atom. The topological polar surface area (TPSA) is 39.4 Å². The maximum absolute atomic E-state index is 6.32. The predicted molar refractivity (Wildman–Crippen MR) is 177 cm³/mol. The smallest absolute Gasteiger partial charge is 0.178 e. The minimum Gasteiger partial charge on any atom is -0.460 e. The van der Waals surface area contributed by atoms with Gasteiger partial charge in [-0.25, -0.2) is 0 Å². The lowest BCUT2D eigenvalue weighted by molar-refractivity contribution is 0.600. The van der Waals surface area contributed by atoms with Gasteiger partial charge in [0, 0.05) is 26.9 Å². The molecule has 0 unspecified atom stereocenters. The van der Waals surface area contributed by atoms with Crippen LogP contribution in [0.3, 0.4) is 0 Å². The van der Waals surface area contributed by atoms with Gasteiger partial charge < -0.3 is 13.3 Å². The van der Waals surface area contributed by atoms with E-state index in [0.717, 1.165) is 60.4 Å². The summed E-state index contributed by atoms with van der Waals surface area (Å²) >= 11 is 0. The molecule has 0 aliphatic carbocycles. The van der Waals surface area contributed by atoms with Crippen molar-refractivity contribution in [2.45, 2.75) is 0 Å². The van der Waals surface area contributed by atoms with Gasteiger partial charge in [0.25, 0.3) is 0 Å². The van der Waals surface area contributed by atoms with Gasteiger partial charge in [-0.15, -0.1) is 0 Å². The number of furan rings is 3. The Labute approximate surface area is 245 Å². The Morgan fingerprint density at radius 2 is 0.884 bits per heavy atom. The quantitative estimate of drug-likeness (QED) is 0.201. The van der Waals surface area contributed by atoms with Gasteiger partial charge in [0.15, 0.2) is 11.2 Å². The first kappa shape index (κ1) is 22.8. The second-order valence-electron chi connectivity index (χ2n) is 11.2. The van der Waals surface area contributed by atoms with Crippen LogP contribution >= 0.6 is 0 Å². The first-order valence-corrected chi connectivity index (χ1v) is 14.5. The highest BCUT2D eigenvalue weighted by Gasteiger charge is 2.19. The van der Waals surface area contributed by atoms with Crippen molar-refractivity contribution in [2.75, 3.05) is 0 Å². The van der Waals surface area contributed by atoms with E-state index in [4.69, 9.17) is 13.3 Å². The maximum Gasteiger partial charge on any atom is 0.178 e. The van der Waals surface area contributed by atoms with Crippen LogP contribution in [0.25, 0.3) is 98.6 Å². The van der Waals surface area contributed by atoms with Crippen LogP contribution in [-0.4, -0.2) is 0 Å². The van der Waals surface area contributed by atoms with Gasteiger partial charge in [0.05, 0.1) is 6.26 Å². The molecule has 43 heavy (non-hydrogen) atoms. The summed E-state index contributed by atoms with van der Waals surface area (Å²) in [7, 11) is 0. The Hall–Kier alpha value is -5.80. The van der Waals surface area contributed by atoms with Gasteiger partial charge in [-0.05, 0) is 86.3 Å². The standard InChI is InChI=1S/C40H22O3/c1-3-10-29-27(8-1)37(24-14-17-35-32(21-24)26-7-5-6-12-34(26)42-35)28-9-2-4-11-30(28)38(29)25-15-18-36-33(22-25)31-16-13-23-19-20-41-39(23)40(31)43-36/h1-22H. The van der Waals surface area contributed by atoms with Crippen molar-refractivity contribution in [3.63, 3.8) is 0 Å². The number of rotatable bonds is 2. The Morgan fingerprint density at radius 3 is 1.53 bits per heavy atom. The largest absolute Gasteiger partial charge is 0.460 e. The molecule has 3 nitrogen and oxygen atoms in total. The average Bonchev–Trinajstić information content (AvgIpc) is 3.78. The molecule has 200 valence electrons. The first-order chi connectivity index (χ1) is 21.3. The number of fused-ring (bicyclic) bond motifs is 10. The van der Waals surface area contributed by atoms with E-state index in [2.05, 4.69) is 109 Å². The summed E-state index contributed by atoms with van der Waals surface area (Å²) in [5.74, 6) is 0. The normalized spacial score (nSPS) is 12.2. The second kappa shape index (κ2) is 8.37. The summed E-state index contributed by atoms with van der Waals surface area (Å²) in [6, 6.07) is 45.1. The highest BCUT2D eigenvalue weighted by Crippen LogP contribution is 2.46. The van der Waals surface area contributed by atoms with E-state index in [1.165, 1.54) is 38.2 Å². The fourth-order valence-electron chi connectivity index (χ4n) is 7.05. The Bertz CT molecular complexity index is 2680. The van der Waals surface area contributed by atoms with Crippen molar-refractivity contribution >= 4 is 76.4 Å². The van der Waals surface area contributed by atoms with E-state index in [-0.39, 0.29) is 0 Å². The van der Waals surface area contributed by atoms with Crippen molar-refractivity contribution in [3.05, 3.63) is 134 Å². The van der Waals surface area contributed by atoms with Crippen LogP contribution < -0.4 is 0 Å². The van der Waals surface area contributed by atoms with Crippen molar-refractivity contribution in [2.24, 2.45) is 0 Å². The molecule has 0 amide bonds. The van der Waals surface area contributed by atoms with Crippen LogP contribution in [-0.2, 0) is 0 Å². The van der Waals surface area contributed by atoms with Crippen molar-refractivity contribution < 1.29 is 13.3 Å². The summed E-state index contributed by atoms with van der Waals surface area (Å²) < 4.78 is 18.3. The number of para-hydroxylation sites is 1. The molecule has 0 N–H and O–H groups in total. The third-order valence-corrected chi connectivity index (χ3v) is 8.94. The zero-order valence-corrected chi connectivity index (χ0v) is 22.9. The van der Waals surface area contributed by atoms with Crippen LogP contribution in [0.2, 0.25) is 0 Å². The van der Waals surface area contributed by atoms with Crippen molar-refractivity contribution in [3.8, 4) is 22.3 Å². The van der Waals surface area contributed by atoms with Crippen LogP contribution in [0, 0.1) is 0 Å².